The summed E-state index contributed by atoms with van der Waals surface area (Å²) < 4.78 is 70.9. The number of allylic oxidation sites excluding steroid dienone is 1. The van der Waals surface area contributed by atoms with Crippen LogP contribution in [0.1, 0.15) is 24.9 Å². The fourth-order valence-corrected chi connectivity index (χ4v) is 9.74. The van der Waals surface area contributed by atoms with Gasteiger partial charge in [0, 0.05) is 30.3 Å². The van der Waals surface area contributed by atoms with E-state index in [4.69, 9.17) is 23.8 Å². The summed E-state index contributed by atoms with van der Waals surface area (Å²) in [5, 5.41) is 10.7. The molecule has 3 fully saturated rings. The maximum atomic E-state index is 16.2. The summed E-state index contributed by atoms with van der Waals surface area (Å²) in [6.45, 7) is -4.71. The summed E-state index contributed by atoms with van der Waals surface area (Å²) in [6.07, 6.45) is 4.64. The molecule has 47 heavy (non-hydrogen) atoms. The Balaban J connectivity index is 1.08. The number of nitrogen functional groups attached to an aromatic ring is 1. The number of alkyl halides is 1. The molecule has 0 spiro atoms. The smallest absolute Gasteiger partial charge is 0.436 e. The van der Waals surface area contributed by atoms with Crippen LogP contribution < -0.4 is 5.73 Å². The largest absolute Gasteiger partial charge is 0.493 e. The van der Waals surface area contributed by atoms with Gasteiger partial charge in [0.15, 0.2) is 22.6 Å². The van der Waals surface area contributed by atoms with Crippen LogP contribution in [0.2, 0.25) is 0 Å². The van der Waals surface area contributed by atoms with Gasteiger partial charge >= 0.3 is 13.6 Å². The first kappa shape index (κ1) is 31.0. The van der Waals surface area contributed by atoms with E-state index in [1.165, 1.54) is 34.1 Å². The zero-order valence-electron chi connectivity index (χ0n) is 24.1. The maximum Gasteiger partial charge on any atom is 0.436 e. The van der Waals surface area contributed by atoms with Crippen LogP contribution in [0.3, 0.4) is 0 Å². The Morgan fingerprint density at radius 1 is 0.957 bits per heavy atom. The molecule has 2 unspecified atom stereocenters. The molecule has 1 saturated heterocycles. The highest BCUT2D eigenvalue weighted by atomic mass is 32.7. The Hall–Kier alpha value is -3.25. The second-order valence-corrected chi connectivity index (χ2v) is 17.4. The number of fused-ring (bicyclic) bond motifs is 5. The summed E-state index contributed by atoms with van der Waals surface area (Å²) >= 11 is 8.38. The molecular formula is C25H27FN10O7P2S2. The number of hydrogen-bond donors (Lipinski definition) is 4. The molecule has 3 N–H and O–H groups in total. The van der Waals surface area contributed by atoms with Crippen LogP contribution in [0, 0.1) is 17.8 Å². The second-order valence-electron chi connectivity index (χ2n) is 11.7. The lowest BCUT2D eigenvalue weighted by Gasteiger charge is -2.45. The minimum atomic E-state index is -4.15. The molecule has 2 aliphatic carbocycles. The van der Waals surface area contributed by atoms with Gasteiger partial charge in [-0.05, 0) is 31.0 Å². The molecule has 22 heteroatoms. The van der Waals surface area contributed by atoms with Crippen LogP contribution in [0.5, 0.6) is 5.88 Å². The minimum Gasteiger partial charge on any atom is -0.493 e. The predicted octanol–water partition coefficient (Wildman–Crippen LogP) is 4.32. The van der Waals surface area contributed by atoms with Gasteiger partial charge in [-0.1, -0.05) is 18.8 Å². The topological polar surface area (TPSA) is 209 Å². The van der Waals surface area contributed by atoms with Crippen molar-refractivity contribution in [2.24, 2.45) is 17.8 Å². The molecule has 0 radical (unpaired) electrons. The molecule has 3 aliphatic rings. The number of halogens is 1. The Labute approximate surface area is 275 Å². The minimum absolute atomic E-state index is 0.0710. The van der Waals surface area contributed by atoms with Gasteiger partial charge in [-0.25, -0.2) is 38.4 Å². The van der Waals surface area contributed by atoms with E-state index in [2.05, 4.69) is 61.0 Å². The van der Waals surface area contributed by atoms with Crippen LogP contribution in [0.25, 0.3) is 28.1 Å². The highest BCUT2D eigenvalue weighted by molar-refractivity contribution is 8.44. The Kier molecular flexibility index (Phi) is 7.36. The normalized spacial score (nSPS) is 35.0. The zero-order chi connectivity index (χ0) is 32.8. The number of imidazole rings is 3. The standard InChI is InChI=1S/C25H27FN10O7P2S2/c1-11-16-12(4-14(16)35-10-32-19-23(35)33-25-28-2-3-34(25)24(19)37)6-40-45(39,47)43-20-13(7-41-44(38,46)42-11)5-15(17(20)26)36-9-31-18-21(27)29-8-30-22(18)36/h2-3,8-10,12-17,20,37H,1,4-7H2,(H,38,46)(H,39,47)(H2,27,29,30)/t12-,13-,14-,15-,16-,17+,20-,44?,45?/m1/s1. The first-order chi connectivity index (χ1) is 22.4. The number of nitrogens with zero attached hydrogens (tertiary/aromatic N) is 9. The first-order valence-electron chi connectivity index (χ1n) is 14.4. The zero-order valence-corrected chi connectivity index (χ0v) is 27.7. The molecule has 8 rings (SSSR count). The summed E-state index contributed by atoms with van der Waals surface area (Å²) in [4.78, 5) is 25.4. The molecule has 0 bridgehead atoms. The van der Waals surface area contributed by atoms with Gasteiger partial charge in [0.1, 0.15) is 29.9 Å². The Morgan fingerprint density at radius 3 is 2.47 bits per heavy atom. The van der Waals surface area contributed by atoms with E-state index in [-0.39, 0.29) is 54.3 Å². The van der Waals surface area contributed by atoms with Gasteiger partial charge in [-0.2, -0.15) is 4.98 Å². The van der Waals surface area contributed by atoms with Crippen molar-refractivity contribution in [1.82, 2.24) is 43.4 Å². The van der Waals surface area contributed by atoms with E-state index < -0.39 is 49.8 Å². The number of hydrogen-bond acceptors (Lipinski definition) is 14. The molecule has 5 aromatic rings. The van der Waals surface area contributed by atoms with Gasteiger partial charge in [0.05, 0.1) is 31.9 Å². The number of anilines is 1. The Bertz CT molecular complexity index is 2160. The summed E-state index contributed by atoms with van der Waals surface area (Å²) in [5.41, 5.74) is 7.11. The lowest BCUT2D eigenvalue weighted by molar-refractivity contribution is 0.0263. The molecular weight excluding hydrogens is 697 g/mol. The van der Waals surface area contributed by atoms with Crippen LogP contribution in [0.15, 0.2) is 43.7 Å². The van der Waals surface area contributed by atoms with E-state index in [9.17, 15) is 14.2 Å². The molecule has 2 saturated carbocycles. The number of aromatic nitrogens is 9. The lowest BCUT2D eigenvalue weighted by Crippen LogP contribution is -2.42. The van der Waals surface area contributed by atoms with E-state index in [0.717, 1.165) is 0 Å². The van der Waals surface area contributed by atoms with Crippen molar-refractivity contribution in [1.29, 1.82) is 0 Å². The fraction of sp³-hybridized carbons (Fsp3) is 0.440. The predicted molar refractivity (Wildman–Crippen MR) is 171 cm³/mol. The summed E-state index contributed by atoms with van der Waals surface area (Å²) in [6, 6.07) is -1.29. The third kappa shape index (κ3) is 5.21. The molecule has 6 heterocycles. The number of thiol groups is 2. The van der Waals surface area contributed by atoms with E-state index >= 15 is 4.39 Å². The summed E-state index contributed by atoms with van der Waals surface area (Å²) in [5.74, 6) is -1.41. The molecule has 1 aliphatic heterocycles. The fourth-order valence-electron chi connectivity index (χ4n) is 6.82. The number of aromatic hydroxyl groups is 1. The Morgan fingerprint density at radius 2 is 1.66 bits per heavy atom. The van der Waals surface area contributed by atoms with Crippen molar-refractivity contribution in [3.8, 4) is 5.88 Å². The third-order valence-corrected chi connectivity index (χ3v) is 12.2. The van der Waals surface area contributed by atoms with Gasteiger partial charge in [0.25, 0.3) is 0 Å². The number of rotatable bonds is 2. The highest BCUT2D eigenvalue weighted by Gasteiger charge is 2.52. The highest BCUT2D eigenvalue weighted by Crippen LogP contribution is 2.63. The van der Waals surface area contributed by atoms with E-state index in [1.54, 1.807) is 10.8 Å². The molecule has 0 amide bonds. The molecule has 9 atom stereocenters. The maximum absolute atomic E-state index is 16.2. The summed E-state index contributed by atoms with van der Waals surface area (Å²) in [7, 11) is 0. The van der Waals surface area contributed by atoms with Gasteiger partial charge in [-0.15, -0.1) is 0 Å². The van der Waals surface area contributed by atoms with Crippen molar-refractivity contribution >= 4 is 72.0 Å². The van der Waals surface area contributed by atoms with Crippen LogP contribution in [-0.4, -0.2) is 74.0 Å². The van der Waals surface area contributed by atoms with Gasteiger partial charge < -0.3 is 29.0 Å². The van der Waals surface area contributed by atoms with Gasteiger partial charge in [0.2, 0.25) is 11.7 Å². The van der Waals surface area contributed by atoms with Crippen LogP contribution in [-0.2, 0) is 27.2 Å². The number of nitrogens with two attached hydrogens (primary N) is 1. The SMILES string of the molecule is C=C1OP(=O)(S)OC[C@H]2C[C@@H](n3cnc4c(N)ncnc43)[C@H](F)[C@@H]2OP(=O)(S)OC[C@H]2C[C@@H](n3cnc4c(O)n5ccnc5nc43)[C@H]12. The molecule has 17 nitrogen and oxygen atoms in total. The van der Waals surface area contributed by atoms with Crippen LogP contribution in [0.4, 0.5) is 10.2 Å². The lowest BCUT2D eigenvalue weighted by atomic mass is 9.68. The van der Waals surface area contributed by atoms with Gasteiger partial charge in [-0.3, -0.25) is 13.4 Å². The average molecular weight is 725 g/mol. The van der Waals surface area contributed by atoms with E-state index in [0.29, 0.717) is 23.2 Å². The molecule has 5 aromatic heterocycles. The second kappa shape index (κ2) is 11.1. The van der Waals surface area contributed by atoms with Crippen molar-refractivity contribution in [3.05, 3.63) is 43.7 Å². The van der Waals surface area contributed by atoms with Crippen molar-refractivity contribution in [2.75, 3.05) is 18.9 Å². The monoisotopic (exact) mass is 724 g/mol. The molecule has 248 valence electrons. The third-order valence-electron chi connectivity index (χ3n) is 9.06. The van der Waals surface area contributed by atoms with Crippen molar-refractivity contribution in [3.63, 3.8) is 0 Å². The first-order valence-corrected chi connectivity index (χ1v) is 19.8. The average Bonchev–Trinajstić information content (AvgIpc) is 3.78. The molecule has 0 aromatic carbocycles. The van der Waals surface area contributed by atoms with Crippen molar-refractivity contribution in [2.45, 2.75) is 37.2 Å². The van der Waals surface area contributed by atoms with Crippen molar-refractivity contribution < 1.29 is 36.7 Å². The van der Waals surface area contributed by atoms with E-state index in [1.807, 2.05) is 0 Å². The van der Waals surface area contributed by atoms with Crippen LogP contribution >= 0.6 is 38.1 Å². The quantitative estimate of drug-likeness (QED) is 0.148.